The van der Waals surface area contributed by atoms with Crippen molar-refractivity contribution in [1.29, 1.82) is 0 Å². The Balaban J connectivity index is 2.13. The molecule has 6 nitrogen and oxygen atoms in total. The number of imide groups is 1. The first-order valence-corrected chi connectivity index (χ1v) is 7.02. The lowest BCUT2D eigenvalue weighted by Gasteiger charge is -2.29. The summed E-state index contributed by atoms with van der Waals surface area (Å²) in [6, 6.07) is 7.81. The molecule has 0 aliphatic carbocycles. The largest absolute Gasteiger partial charge is 0.507 e. The molecule has 1 aliphatic rings. The second-order valence-corrected chi connectivity index (χ2v) is 5.52. The molecule has 2 N–H and O–H groups in total. The molecule has 0 bridgehead atoms. The maximum atomic E-state index is 12.7. The van der Waals surface area contributed by atoms with Crippen LogP contribution in [-0.2, 0) is 4.89 Å². The summed E-state index contributed by atoms with van der Waals surface area (Å²) in [7, 11) is 0. The normalized spacial score (nSPS) is 15.1. The molecule has 1 unspecified atom stereocenters. The summed E-state index contributed by atoms with van der Waals surface area (Å²) in [5, 5.41) is 19.8. The Morgan fingerprint density at radius 1 is 1.22 bits per heavy atom. The van der Waals surface area contributed by atoms with Crippen molar-refractivity contribution < 1.29 is 24.8 Å². The fraction of sp³-hybridized carbons (Fsp3) is 0.176. The number of rotatable bonds is 4. The predicted molar refractivity (Wildman–Crippen MR) is 83.3 cm³/mol. The molecule has 2 amide bonds. The number of aromatic hydroxyl groups is 1. The van der Waals surface area contributed by atoms with Gasteiger partial charge in [-0.2, -0.15) is 0 Å². The van der Waals surface area contributed by atoms with Crippen LogP contribution in [0.1, 0.15) is 27.6 Å². The van der Waals surface area contributed by atoms with E-state index in [1.165, 1.54) is 12.1 Å². The molecule has 1 atom stereocenters. The van der Waals surface area contributed by atoms with Gasteiger partial charge in [-0.05, 0) is 30.7 Å². The number of benzene rings is 2. The van der Waals surface area contributed by atoms with Crippen LogP contribution in [0.4, 0.5) is 0 Å². The second kappa shape index (κ2) is 5.49. The summed E-state index contributed by atoms with van der Waals surface area (Å²) in [5.74, 6) is -0.984. The molecule has 0 saturated heterocycles. The molecule has 1 heterocycles. The minimum atomic E-state index is -0.860. The summed E-state index contributed by atoms with van der Waals surface area (Å²) in [6.45, 7) is 5.16. The van der Waals surface area contributed by atoms with Gasteiger partial charge in [0.1, 0.15) is 11.9 Å². The van der Waals surface area contributed by atoms with E-state index in [9.17, 15) is 14.7 Å². The number of phenolic OH excluding ortho intramolecular Hbond substituents is 1. The van der Waals surface area contributed by atoms with E-state index in [1.54, 1.807) is 25.1 Å². The maximum absolute atomic E-state index is 12.7. The highest BCUT2D eigenvalue weighted by Crippen LogP contribution is 2.35. The van der Waals surface area contributed by atoms with Gasteiger partial charge in [0.25, 0.3) is 11.8 Å². The quantitative estimate of drug-likeness (QED) is 0.392. The number of carbonyl (C=O) groups is 2. The summed E-state index contributed by atoms with van der Waals surface area (Å²) < 4.78 is 0. The molecule has 2 aromatic rings. The van der Waals surface area contributed by atoms with Gasteiger partial charge in [0.05, 0.1) is 6.54 Å². The van der Waals surface area contributed by atoms with E-state index < -0.39 is 17.9 Å². The Morgan fingerprint density at radius 3 is 2.48 bits per heavy atom. The summed E-state index contributed by atoms with van der Waals surface area (Å²) in [5.41, 5.74) is 1.14. The molecule has 23 heavy (non-hydrogen) atoms. The van der Waals surface area contributed by atoms with E-state index in [1.807, 2.05) is 0 Å². The van der Waals surface area contributed by atoms with Crippen LogP contribution in [0, 0.1) is 0 Å². The molecule has 0 aromatic heterocycles. The SMILES string of the molecule is C=C(C)C(CN1C(=O)c2cccc3c(O)ccc(c23)C1=O)OO. The highest BCUT2D eigenvalue weighted by atomic mass is 17.1. The molecular weight excluding hydrogens is 298 g/mol. The number of carbonyl (C=O) groups excluding carboxylic acids is 2. The lowest BCUT2D eigenvalue weighted by atomic mass is 9.93. The third-order valence-corrected chi connectivity index (χ3v) is 3.99. The first-order valence-electron chi connectivity index (χ1n) is 7.02. The highest BCUT2D eigenvalue weighted by molar-refractivity contribution is 6.26. The van der Waals surface area contributed by atoms with Gasteiger partial charge >= 0.3 is 0 Å². The first kappa shape index (κ1) is 15.2. The standard InChI is InChI=1S/C17H15NO5/c1-9(2)14(23-22)8-18-16(20)11-5-3-4-10-13(19)7-6-12(15(10)11)17(18)21/h3-7,14,19,22H,1,8H2,2H3. The molecular formula is C17H15NO5. The minimum absolute atomic E-state index is 0.0122. The monoisotopic (exact) mass is 313 g/mol. The van der Waals surface area contributed by atoms with Crippen LogP contribution >= 0.6 is 0 Å². The van der Waals surface area contributed by atoms with Crippen LogP contribution in [0.2, 0.25) is 0 Å². The van der Waals surface area contributed by atoms with Gasteiger partial charge in [0.15, 0.2) is 0 Å². The van der Waals surface area contributed by atoms with Crippen molar-refractivity contribution in [2.75, 3.05) is 6.54 Å². The van der Waals surface area contributed by atoms with E-state index in [2.05, 4.69) is 11.5 Å². The van der Waals surface area contributed by atoms with E-state index in [-0.39, 0.29) is 12.3 Å². The van der Waals surface area contributed by atoms with Gasteiger partial charge < -0.3 is 5.11 Å². The van der Waals surface area contributed by atoms with Crippen LogP contribution in [0.15, 0.2) is 42.5 Å². The number of hydrogen-bond donors (Lipinski definition) is 2. The number of hydrogen-bond acceptors (Lipinski definition) is 5. The zero-order chi connectivity index (χ0) is 16.7. The molecule has 6 heteroatoms. The molecule has 3 rings (SSSR count). The molecule has 0 saturated carbocycles. The minimum Gasteiger partial charge on any atom is -0.507 e. The Labute approximate surface area is 132 Å². The Morgan fingerprint density at radius 2 is 1.87 bits per heavy atom. The van der Waals surface area contributed by atoms with Crippen molar-refractivity contribution in [2.45, 2.75) is 13.0 Å². The van der Waals surface area contributed by atoms with Gasteiger partial charge in [-0.1, -0.05) is 18.7 Å². The van der Waals surface area contributed by atoms with Crippen molar-refractivity contribution in [3.8, 4) is 5.75 Å². The Bertz CT molecular complexity index is 820. The zero-order valence-corrected chi connectivity index (χ0v) is 12.4. The summed E-state index contributed by atoms with van der Waals surface area (Å²) >= 11 is 0. The van der Waals surface area contributed by atoms with Crippen LogP contribution in [-0.4, -0.2) is 39.7 Å². The van der Waals surface area contributed by atoms with E-state index in [0.717, 1.165) is 4.90 Å². The zero-order valence-electron chi connectivity index (χ0n) is 12.4. The molecule has 0 fully saturated rings. The van der Waals surface area contributed by atoms with Gasteiger partial charge in [0, 0.05) is 21.9 Å². The Kier molecular flexibility index (Phi) is 3.63. The van der Waals surface area contributed by atoms with Crippen LogP contribution in [0.3, 0.4) is 0 Å². The maximum Gasteiger partial charge on any atom is 0.261 e. The second-order valence-electron chi connectivity index (χ2n) is 5.52. The van der Waals surface area contributed by atoms with E-state index in [4.69, 9.17) is 5.26 Å². The van der Waals surface area contributed by atoms with E-state index >= 15 is 0 Å². The topological polar surface area (TPSA) is 87.1 Å². The van der Waals surface area contributed by atoms with Gasteiger partial charge in [0.2, 0.25) is 0 Å². The third kappa shape index (κ3) is 2.28. The highest BCUT2D eigenvalue weighted by Gasteiger charge is 2.35. The first-order chi connectivity index (χ1) is 11.0. The molecule has 118 valence electrons. The summed E-state index contributed by atoms with van der Waals surface area (Å²) in [6.07, 6.45) is -0.860. The predicted octanol–water partition coefficient (Wildman–Crippen LogP) is 2.58. The van der Waals surface area contributed by atoms with Gasteiger partial charge in [-0.15, -0.1) is 0 Å². The van der Waals surface area contributed by atoms with Crippen molar-refractivity contribution >= 4 is 22.6 Å². The van der Waals surface area contributed by atoms with Crippen molar-refractivity contribution in [3.05, 3.63) is 53.6 Å². The molecule has 2 aromatic carbocycles. The van der Waals surface area contributed by atoms with Crippen LogP contribution < -0.4 is 0 Å². The number of amides is 2. The Hall–Kier alpha value is -2.70. The average Bonchev–Trinajstić information content (AvgIpc) is 2.53. The average molecular weight is 313 g/mol. The fourth-order valence-corrected chi connectivity index (χ4v) is 2.74. The molecule has 0 radical (unpaired) electrons. The van der Waals surface area contributed by atoms with Crippen molar-refractivity contribution in [1.82, 2.24) is 4.90 Å². The lowest BCUT2D eigenvalue weighted by Crippen LogP contribution is -2.45. The van der Waals surface area contributed by atoms with Crippen LogP contribution in [0.5, 0.6) is 5.75 Å². The van der Waals surface area contributed by atoms with Crippen molar-refractivity contribution in [3.63, 3.8) is 0 Å². The van der Waals surface area contributed by atoms with E-state index in [0.29, 0.717) is 27.5 Å². The third-order valence-electron chi connectivity index (χ3n) is 3.99. The fourth-order valence-electron chi connectivity index (χ4n) is 2.74. The number of nitrogens with zero attached hydrogens (tertiary/aromatic N) is 1. The summed E-state index contributed by atoms with van der Waals surface area (Å²) in [4.78, 5) is 30.6. The smallest absolute Gasteiger partial charge is 0.261 e. The lowest BCUT2D eigenvalue weighted by molar-refractivity contribution is -0.268. The van der Waals surface area contributed by atoms with Gasteiger partial charge in [-0.25, -0.2) is 4.89 Å². The van der Waals surface area contributed by atoms with Crippen molar-refractivity contribution in [2.24, 2.45) is 0 Å². The van der Waals surface area contributed by atoms with Gasteiger partial charge in [-0.3, -0.25) is 19.7 Å². The van der Waals surface area contributed by atoms with Crippen LogP contribution in [0.25, 0.3) is 10.8 Å². The number of phenols is 1. The molecule has 0 spiro atoms. The molecule has 1 aliphatic heterocycles.